The highest BCUT2D eigenvalue weighted by molar-refractivity contribution is 5.89. The van der Waals surface area contributed by atoms with Crippen LogP contribution >= 0.6 is 0 Å². The molecule has 3 fully saturated rings. The molecule has 3 aliphatic rings. The van der Waals surface area contributed by atoms with Gasteiger partial charge in [0.2, 0.25) is 17.1 Å². The number of nitriles is 3. The molecule has 2 heterocycles. The van der Waals surface area contributed by atoms with Gasteiger partial charge in [-0.25, -0.2) is 0 Å². The van der Waals surface area contributed by atoms with Gasteiger partial charge in [0.05, 0.1) is 30.7 Å². The fraction of sp³-hybridized carbons (Fsp3) is 0.565. The molecule has 0 radical (unpaired) electrons. The van der Waals surface area contributed by atoms with Crippen molar-refractivity contribution in [2.24, 2.45) is 22.7 Å². The van der Waals surface area contributed by atoms with Crippen molar-refractivity contribution in [1.82, 2.24) is 0 Å². The lowest BCUT2D eigenvalue weighted by Gasteiger charge is -2.52. The minimum absolute atomic E-state index is 0.316. The van der Waals surface area contributed by atoms with Gasteiger partial charge in [-0.2, -0.15) is 15.8 Å². The summed E-state index contributed by atoms with van der Waals surface area (Å²) in [5.41, 5.74) is -2.98. The molecule has 5 atom stereocenters. The quantitative estimate of drug-likeness (QED) is 0.801. The van der Waals surface area contributed by atoms with Gasteiger partial charge in [-0.1, -0.05) is 25.5 Å². The Balaban J connectivity index is 1.89. The zero-order valence-electron chi connectivity index (χ0n) is 17.1. The number of ether oxygens (including phenoxy) is 3. The molecule has 7 heteroatoms. The topological polar surface area (TPSA) is 123 Å². The van der Waals surface area contributed by atoms with E-state index in [0.717, 1.165) is 12.8 Å². The van der Waals surface area contributed by atoms with Crippen molar-refractivity contribution in [3.63, 3.8) is 0 Å². The highest BCUT2D eigenvalue weighted by Gasteiger charge is 2.80. The third-order valence-corrected chi connectivity index (χ3v) is 7.09. The maximum absolute atomic E-state index is 10.4. The van der Waals surface area contributed by atoms with Gasteiger partial charge < -0.3 is 14.2 Å². The molecule has 30 heavy (non-hydrogen) atoms. The van der Waals surface area contributed by atoms with Gasteiger partial charge >= 0.3 is 0 Å². The van der Waals surface area contributed by atoms with Crippen LogP contribution in [0.3, 0.4) is 0 Å². The predicted molar refractivity (Wildman–Crippen MR) is 106 cm³/mol. The van der Waals surface area contributed by atoms with Crippen molar-refractivity contribution in [2.45, 2.75) is 51.4 Å². The van der Waals surface area contributed by atoms with Crippen LogP contribution in [0.15, 0.2) is 24.3 Å². The Morgan fingerprint density at radius 2 is 1.83 bits per heavy atom. The molecule has 1 N–H and O–H groups in total. The first-order valence-electron chi connectivity index (χ1n) is 10.4. The second-order valence-corrected chi connectivity index (χ2v) is 8.30. The van der Waals surface area contributed by atoms with Crippen LogP contribution in [0.5, 0.6) is 5.75 Å². The van der Waals surface area contributed by atoms with Crippen molar-refractivity contribution in [1.29, 1.82) is 21.2 Å². The minimum atomic E-state index is -1.90. The first-order valence-corrected chi connectivity index (χ1v) is 10.4. The molecule has 2 saturated heterocycles. The molecule has 2 aliphatic heterocycles. The van der Waals surface area contributed by atoms with Crippen LogP contribution in [0, 0.1) is 62.1 Å². The van der Waals surface area contributed by atoms with Crippen molar-refractivity contribution >= 4 is 5.90 Å². The molecule has 0 spiro atoms. The van der Waals surface area contributed by atoms with Gasteiger partial charge in [-0.05, 0) is 43.4 Å². The van der Waals surface area contributed by atoms with Crippen LogP contribution in [0.1, 0.15) is 51.2 Å². The lowest BCUT2D eigenvalue weighted by Crippen LogP contribution is -2.61. The molecular weight excluding hydrogens is 380 g/mol. The van der Waals surface area contributed by atoms with E-state index in [-0.39, 0.29) is 5.90 Å². The molecular formula is C23H24N4O3. The Labute approximate surface area is 176 Å². The Hall–Kier alpha value is -3.08. The average molecular weight is 404 g/mol. The molecule has 154 valence electrons. The zero-order valence-corrected chi connectivity index (χ0v) is 17.1. The van der Waals surface area contributed by atoms with Gasteiger partial charge in [-0.15, -0.1) is 0 Å². The summed E-state index contributed by atoms with van der Waals surface area (Å²) in [6.07, 6.45) is 1.88. The molecule has 0 aromatic heterocycles. The largest absolute Gasteiger partial charge is 0.494 e. The maximum atomic E-state index is 10.4. The summed E-state index contributed by atoms with van der Waals surface area (Å²) in [7, 11) is 0. The molecule has 1 saturated carbocycles. The van der Waals surface area contributed by atoms with Crippen molar-refractivity contribution < 1.29 is 14.2 Å². The molecule has 1 aliphatic carbocycles. The molecule has 1 aromatic carbocycles. The van der Waals surface area contributed by atoms with Crippen LogP contribution in [-0.4, -0.2) is 18.3 Å². The lowest BCUT2D eigenvalue weighted by molar-refractivity contribution is -0.299. The Kier molecular flexibility index (Phi) is 4.72. The fourth-order valence-electron chi connectivity index (χ4n) is 5.49. The van der Waals surface area contributed by atoms with Crippen molar-refractivity contribution in [3.05, 3.63) is 29.8 Å². The molecule has 2 bridgehead atoms. The smallest absolute Gasteiger partial charge is 0.217 e. The number of nitrogens with zero attached hydrogens (tertiary/aromatic N) is 3. The van der Waals surface area contributed by atoms with Crippen LogP contribution in [-0.2, 0) is 9.47 Å². The SMILES string of the molecule is CCOc1ccc(C2OC34CCC(CC)CC3C(C#N)(C(=N)O4)C2(C#N)C#N)cc1. The first-order chi connectivity index (χ1) is 14.5. The summed E-state index contributed by atoms with van der Waals surface area (Å²) in [5.74, 6) is -0.995. The molecule has 0 amide bonds. The Morgan fingerprint density at radius 3 is 2.40 bits per heavy atom. The number of rotatable bonds is 4. The zero-order chi connectivity index (χ0) is 21.6. The van der Waals surface area contributed by atoms with Crippen molar-refractivity contribution in [3.8, 4) is 24.0 Å². The van der Waals surface area contributed by atoms with E-state index in [2.05, 4.69) is 25.1 Å². The highest BCUT2D eigenvalue weighted by Crippen LogP contribution is 2.70. The third-order valence-electron chi connectivity index (χ3n) is 7.09. The lowest BCUT2D eigenvalue weighted by atomic mass is 9.50. The van der Waals surface area contributed by atoms with E-state index < -0.39 is 28.6 Å². The van der Waals surface area contributed by atoms with Gasteiger partial charge in [0, 0.05) is 6.42 Å². The van der Waals surface area contributed by atoms with E-state index in [1.807, 2.05) is 6.92 Å². The van der Waals surface area contributed by atoms with E-state index in [1.54, 1.807) is 24.3 Å². The molecule has 5 unspecified atom stereocenters. The summed E-state index contributed by atoms with van der Waals surface area (Å²) in [6, 6.07) is 13.5. The maximum Gasteiger partial charge on any atom is 0.217 e. The summed E-state index contributed by atoms with van der Waals surface area (Å²) >= 11 is 0. The normalized spacial score (nSPS) is 35.8. The summed E-state index contributed by atoms with van der Waals surface area (Å²) in [4.78, 5) is 0. The summed E-state index contributed by atoms with van der Waals surface area (Å²) in [5, 5.41) is 39.5. The standard InChI is InChI=1S/C23H24N4O3/c1-3-15-9-10-23-18(11-15)22(14-26,20(27)30-23)21(12-24,13-25)19(29-23)16-5-7-17(8-6-16)28-4-2/h5-8,15,18-19,27H,3-4,9-11H2,1-2H3. The average Bonchev–Trinajstić information content (AvgIpc) is 2.98. The van der Waals surface area contributed by atoms with E-state index in [0.29, 0.717) is 36.7 Å². The van der Waals surface area contributed by atoms with E-state index in [4.69, 9.17) is 19.6 Å². The van der Waals surface area contributed by atoms with Crippen LogP contribution in [0.2, 0.25) is 0 Å². The third kappa shape index (κ3) is 2.35. The first kappa shape index (κ1) is 20.2. The summed E-state index contributed by atoms with van der Waals surface area (Å²) < 4.78 is 17.9. The van der Waals surface area contributed by atoms with Gasteiger partial charge in [0.1, 0.15) is 11.9 Å². The number of benzene rings is 1. The molecule has 4 rings (SSSR count). The Morgan fingerprint density at radius 1 is 1.13 bits per heavy atom. The second-order valence-electron chi connectivity index (χ2n) is 8.30. The monoisotopic (exact) mass is 404 g/mol. The molecule has 7 nitrogen and oxygen atoms in total. The van der Waals surface area contributed by atoms with Crippen molar-refractivity contribution in [2.75, 3.05) is 6.61 Å². The van der Waals surface area contributed by atoms with Crippen LogP contribution in [0.25, 0.3) is 0 Å². The second kappa shape index (κ2) is 7.01. The fourth-order valence-corrected chi connectivity index (χ4v) is 5.49. The number of hydrogen-bond acceptors (Lipinski definition) is 7. The van der Waals surface area contributed by atoms with Crippen LogP contribution in [0.4, 0.5) is 0 Å². The van der Waals surface area contributed by atoms with E-state index >= 15 is 0 Å². The highest BCUT2D eigenvalue weighted by atomic mass is 16.7. The minimum Gasteiger partial charge on any atom is -0.494 e. The predicted octanol–water partition coefficient (Wildman–Crippen LogP) is 4.23. The summed E-state index contributed by atoms with van der Waals surface area (Å²) in [6.45, 7) is 4.49. The van der Waals surface area contributed by atoms with E-state index in [1.165, 1.54) is 0 Å². The van der Waals surface area contributed by atoms with Gasteiger partial charge in [0.15, 0.2) is 5.41 Å². The van der Waals surface area contributed by atoms with Gasteiger partial charge in [0.25, 0.3) is 0 Å². The van der Waals surface area contributed by atoms with E-state index in [9.17, 15) is 15.8 Å². The Bertz CT molecular complexity index is 972. The number of nitrogens with one attached hydrogen (secondary N) is 1. The molecule has 1 aromatic rings. The van der Waals surface area contributed by atoms with Crippen LogP contribution < -0.4 is 4.74 Å². The number of hydrogen-bond donors (Lipinski definition) is 1. The van der Waals surface area contributed by atoms with Gasteiger partial charge in [-0.3, -0.25) is 5.41 Å².